The maximum absolute atomic E-state index is 12.0. The van der Waals surface area contributed by atoms with E-state index in [1.165, 1.54) is 0 Å². The third kappa shape index (κ3) is 3.01. The summed E-state index contributed by atoms with van der Waals surface area (Å²) in [7, 11) is 0. The maximum atomic E-state index is 12.0. The van der Waals surface area contributed by atoms with Gasteiger partial charge in [0.2, 0.25) is 0 Å². The number of ether oxygens (including phenoxy) is 1. The molecule has 0 amide bonds. The Labute approximate surface area is 81.1 Å². The first-order chi connectivity index (χ1) is 6.56. The fourth-order valence-electron chi connectivity index (χ4n) is 0.734. The van der Waals surface area contributed by atoms with Crippen LogP contribution in [0.3, 0.4) is 0 Å². The molecular weight excluding hydrogens is 230 g/mol. The van der Waals surface area contributed by atoms with Crippen LogP contribution in [-0.2, 0) is 4.74 Å². The van der Waals surface area contributed by atoms with E-state index in [0.717, 1.165) is 0 Å². The van der Waals surface area contributed by atoms with Crippen molar-refractivity contribution in [2.75, 3.05) is 6.61 Å². The van der Waals surface area contributed by atoms with E-state index in [2.05, 4.69) is 11.3 Å². The van der Waals surface area contributed by atoms with E-state index < -0.39 is 31.0 Å². The third-order valence-electron chi connectivity index (χ3n) is 1.64. The number of aliphatic hydroxyl groups is 1. The zero-order valence-corrected chi connectivity index (χ0v) is 7.32. The number of rotatable bonds is 4. The molecule has 0 atom stereocenters. The molecule has 0 aromatic rings. The van der Waals surface area contributed by atoms with Crippen LogP contribution in [0, 0.1) is 0 Å². The van der Waals surface area contributed by atoms with Gasteiger partial charge in [-0.15, -0.1) is 0 Å². The lowest BCUT2D eigenvalue weighted by Crippen LogP contribution is -2.57. The Morgan fingerprint density at radius 2 is 1.47 bits per heavy atom. The molecule has 0 spiro atoms. The van der Waals surface area contributed by atoms with Gasteiger partial charge in [0.15, 0.2) is 0 Å². The van der Waals surface area contributed by atoms with Gasteiger partial charge in [-0.25, -0.2) is 0 Å². The Hall–Kier alpha value is -0.920. The minimum absolute atomic E-state index is 0.688. The summed E-state index contributed by atoms with van der Waals surface area (Å²) in [6.07, 6.45) is -12.5. The first kappa shape index (κ1) is 14.1. The first-order valence-corrected chi connectivity index (χ1v) is 3.64. The first-order valence-electron chi connectivity index (χ1n) is 3.64. The number of hydrogen-bond donors (Lipinski definition) is 1. The topological polar surface area (TPSA) is 29.5 Å². The molecule has 8 heteroatoms. The monoisotopic (exact) mass is 238 g/mol. The largest absolute Gasteiger partial charge is 0.502 e. The van der Waals surface area contributed by atoms with Crippen LogP contribution in [0.5, 0.6) is 0 Å². The van der Waals surface area contributed by atoms with E-state index in [-0.39, 0.29) is 0 Å². The van der Waals surface area contributed by atoms with Crippen molar-refractivity contribution in [3.8, 4) is 0 Å². The van der Waals surface area contributed by atoms with Crippen molar-refractivity contribution in [3.63, 3.8) is 0 Å². The molecule has 0 radical (unpaired) electrons. The Kier molecular flexibility index (Phi) is 4.03. The molecule has 0 bridgehead atoms. The van der Waals surface area contributed by atoms with Crippen molar-refractivity contribution in [2.24, 2.45) is 0 Å². The van der Waals surface area contributed by atoms with E-state index >= 15 is 0 Å². The van der Waals surface area contributed by atoms with Gasteiger partial charge < -0.3 is 9.84 Å². The van der Waals surface area contributed by atoms with Crippen LogP contribution >= 0.6 is 0 Å². The highest BCUT2D eigenvalue weighted by Gasteiger charge is 2.69. The minimum Gasteiger partial charge on any atom is -0.502 e. The van der Waals surface area contributed by atoms with Crippen LogP contribution in [0.2, 0.25) is 0 Å². The molecule has 15 heavy (non-hydrogen) atoms. The van der Waals surface area contributed by atoms with Crippen molar-refractivity contribution in [1.29, 1.82) is 0 Å². The van der Waals surface area contributed by atoms with Crippen LogP contribution in [0.25, 0.3) is 0 Å². The zero-order chi connectivity index (χ0) is 12.3. The average Bonchev–Trinajstić information content (AvgIpc) is 2.00. The molecule has 0 heterocycles. The molecule has 0 aliphatic heterocycles. The number of hydrogen-bond acceptors (Lipinski definition) is 2. The van der Waals surface area contributed by atoms with Gasteiger partial charge in [-0.05, 0) is 0 Å². The summed E-state index contributed by atoms with van der Waals surface area (Å²) >= 11 is 0. The summed E-state index contributed by atoms with van der Waals surface area (Å²) in [4.78, 5) is 0. The number of alkyl halides is 6. The molecular formula is C7H8F6O2. The molecule has 1 N–H and O–H groups in total. The number of halogens is 6. The van der Waals surface area contributed by atoms with Gasteiger partial charge in [0.1, 0.15) is 0 Å². The van der Waals surface area contributed by atoms with Crippen molar-refractivity contribution >= 4 is 0 Å². The highest BCUT2D eigenvalue weighted by atomic mass is 19.4. The van der Waals surface area contributed by atoms with Gasteiger partial charge in [-0.3, -0.25) is 0 Å². The smallest absolute Gasteiger partial charge is 0.426 e. The Bertz CT molecular complexity index is 205. The van der Waals surface area contributed by atoms with Crippen molar-refractivity contribution < 1.29 is 36.2 Å². The molecule has 0 aliphatic carbocycles. The molecule has 0 fully saturated rings. The van der Waals surface area contributed by atoms with Gasteiger partial charge in [-0.2, -0.15) is 26.3 Å². The van der Waals surface area contributed by atoms with Crippen LogP contribution in [-0.4, -0.2) is 29.7 Å². The molecule has 0 aliphatic rings. The lowest BCUT2D eigenvalue weighted by Gasteiger charge is -2.31. The molecule has 2 nitrogen and oxygen atoms in total. The lowest BCUT2D eigenvalue weighted by atomic mass is 9.99. The van der Waals surface area contributed by atoms with Gasteiger partial charge in [0, 0.05) is 6.42 Å². The van der Waals surface area contributed by atoms with Gasteiger partial charge in [-0.1, -0.05) is 6.58 Å². The summed E-state index contributed by atoms with van der Waals surface area (Å²) in [5.41, 5.74) is -4.75. The van der Waals surface area contributed by atoms with E-state index in [9.17, 15) is 26.3 Å². The minimum atomic E-state index is -5.80. The molecule has 0 unspecified atom stereocenters. The van der Waals surface area contributed by atoms with Gasteiger partial charge in [0.05, 0.1) is 12.9 Å². The Morgan fingerprint density at radius 3 is 1.73 bits per heavy atom. The molecule has 0 saturated heterocycles. The quantitative estimate of drug-likeness (QED) is 0.463. The second-order valence-corrected chi connectivity index (χ2v) is 2.64. The molecule has 0 aromatic heterocycles. The van der Waals surface area contributed by atoms with Gasteiger partial charge in [0.25, 0.3) is 5.60 Å². The molecule has 0 rings (SSSR count). The summed E-state index contributed by atoms with van der Waals surface area (Å²) < 4.78 is 76.0. The third-order valence-corrected chi connectivity index (χ3v) is 1.64. The average molecular weight is 238 g/mol. The lowest BCUT2D eigenvalue weighted by molar-refractivity contribution is -0.371. The predicted octanol–water partition coefficient (Wildman–Crippen LogP) is 2.39. The summed E-state index contributed by atoms with van der Waals surface area (Å²) in [6, 6.07) is 0. The van der Waals surface area contributed by atoms with Gasteiger partial charge >= 0.3 is 12.4 Å². The van der Waals surface area contributed by atoms with Crippen molar-refractivity contribution in [3.05, 3.63) is 12.8 Å². The van der Waals surface area contributed by atoms with Crippen LogP contribution in [0.4, 0.5) is 26.3 Å². The second kappa shape index (κ2) is 4.30. The van der Waals surface area contributed by atoms with E-state index in [4.69, 9.17) is 5.11 Å². The Balaban J connectivity index is 4.81. The van der Waals surface area contributed by atoms with Crippen LogP contribution < -0.4 is 0 Å². The predicted molar refractivity (Wildman–Crippen MR) is 37.8 cm³/mol. The normalized spacial score (nSPS) is 13.8. The van der Waals surface area contributed by atoms with E-state index in [0.29, 0.717) is 6.26 Å². The summed E-state index contributed by atoms with van der Waals surface area (Å²) in [5, 5.41) is 8.55. The Morgan fingerprint density at radius 1 is 1.07 bits per heavy atom. The second-order valence-electron chi connectivity index (χ2n) is 2.64. The maximum Gasteiger partial charge on any atom is 0.426 e. The standard InChI is InChI=1S/C7H8F6O2/c1-2-15-4-3-5(14,6(8,9)10)7(11,12)13/h2,14H,1,3-4H2. The van der Waals surface area contributed by atoms with Crippen molar-refractivity contribution in [2.45, 2.75) is 24.4 Å². The van der Waals surface area contributed by atoms with Crippen molar-refractivity contribution in [1.82, 2.24) is 0 Å². The summed E-state index contributed by atoms with van der Waals surface area (Å²) in [5.74, 6) is 0. The summed E-state index contributed by atoms with van der Waals surface area (Å²) in [6.45, 7) is 2.01. The fourth-order valence-corrected chi connectivity index (χ4v) is 0.734. The molecule has 0 saturated carbocycles. The fraction of sp³-hybridized carbons (Fsp3) is 0.714. The zero-order valence-electron chi connectivity index (χ0n) is 7.32. The molecule has 90 valence electrons. The van der Waals surface area contributed by atoms with E-state index in [1.54, 1.807) is 0 Å². The van der Waals surface area contributed by atoms with Crippen LogP contribution in [0.1, 0.15) is 6.42 Å². The van der Waals surface area contributed by atoms with Crippen LogP contribution in [0.15, 0.2) is 12.8 Å². The SMILES string of the molecule is C=COCCC(O)(C(F)(F)F)C(F)(F)F. The highest BCUT2D eigenvalue weighted by molar-refractivity contribution is 4.93. The van der Waals surface area contributed by atoms with E-state index in [1.807, 2.05) is 0 Å². The highest BCUT2D eigenvalue weighted by Crippen LogP contribution is 2.45. The molecule has 0 aromatic carbocycles.